The number of aliphatic hydroxyl groups is 2. The molecule has 0 aromatic heterocycles. The average Bonchev–Trinajstić information content (AvgIpc) is 3.08. The molecule has 0 atom stereocenters. The van der Waals surface area contributed by atoms with Gasteiger partial charge in [0.15, 0.2) is 5.41 Å². The van der Waals surface area contributed by atoms with E-state index >= 15 is 0 Å². The van der Waals surface area contributed by atoms with Crippen molar-refractivity contribution in [2.45, 2.75) is 51.4 Å². The van der Waals surface area contributed by atoms with Crippen LogP contribution in [0.4, 0.5) is 0 Å². The highest BCUT2D eigenvalue weighted by molar-refractivity contribution is 6.02. The van der Waals surface area contributed by atoms with E-state index in [1.807, 2.05) is 6.08 Å². The molecule has 2 aliphatic carbocycles. The lowest BCUT2D eigenvalue weighted by Crippen LogP contribution is -2.40. The summed E-state index contributed by atoms with van der Waals surface area (Å²) >= 11 is 0. The van der Waals surface area contributed by atoms with Gasteiger partial charge in [-0.15, -0.1) is 0 Å². The number of esters is 4. The maximum atomic E-state index is 11.5. The summed E-state index contributed by atoms with van der Waals surface area (Å²) in [5.41, 5.74) is -1.33. The number of aliphatic carboxylic acids is 2. The number of carboxylic acid groups (broad SMARTS) is 2. The van der Waals surface area contributed by atoms with E-state index in [4.69, 9.17) is 20.4 Å². The fourth-order valence-corrected chi connectivity index (χ4v) is 4.00. The predicted octanol–water partition coefficient (Wildman–Crippen LogP) is 2.69. The molecule has 0 radical (unpaired) electrons. The van der Waals surface area contributed by atoms with E-state index in [0.717, 1.165) is 50.0 Å². The first-order valence-corrected chi connectivity index (χ1v) is 14.2. The topological polar surface area (TPSA) is 220 Å². The normalized spacial score (nSPS) is 16.1. The van der Waals surface area contributed by atoms with Crippen molar-refractivity contribution in [3.63, 3.8) is 0 Å². The van der Waals surface area contributed by atoms with Crippen LogP contribution in [0.3, 0.4) is 0 Å². The van der Waals surface area contributed by atoms with E-state index in [0.29, 0.717) is 6.42 Å². The Kier molecular flexibility index (Phi) is 24.4. The summed E-state index contributed by atoms with van der Waals surface area (Å²) in [5.74, 6) is -4.22. The van der Waals surface area contributed by atoms with E-state index < -0.39 is 41.2 Å². The molecule has 0 spiro atoms. The second-order valence-electron chi connectivity index (χ2n) is 9.79. The third kappa shape index (κ3) is 19.0. The Hall–Kier alpha value is -4.56. The Morgan fingerprint density at radius 1 is 0.609 bits per heavy atom. The molecule has 0 aromatic rings. The highest BCUT2D eigenvalue weighted by Crippen LogP contribution is 2.35. The quantitative estimate of drug-likeness (QED) is 0.0665. The molecule has 0 aliphatic heterocycles. The minimum absolute atomic E-state index is 0.127. The average molecular weight is 655 g/mol. The van der Waals surface area contributed by atoms with Crippen LogP contribution in [0, 0.1) is 10.8 Å². The van der Waals surface area contributed by atoms with Crippen molar-refractivity contribution < 1.29 is 68.1 Å². The molecular formula is C32H46O14. The van der Waals surface area contributed by atoms with Gasteiger partial charge >= 0.3 is 35.8 Å². The maximum absolute atomic E-state index is 11.5. The number of carbonyl (C=O) groups excluding carboxylic acids is 4. The van der Waals surface area contributed by atoms with E-state index in [1.54, 1.807) is 6.08 Å². The minimum Gasteiger partial charge on any atom is -0.478 e. The van der Waals surface area contributed by atoms with Gasteiger partial charge in [0, 0.05) is 29.7 Å². The zero-order valence-electron chi connectivity index (χ0n) is 26.7. The maximum Gasteiger partial charge on any atom is 0.330 e. The van der Waals surface area contributed by atoms with Gasteiger partial charge in [-0.05, 0) is 32.1 Å². The Morgan fingerprint density at radius 3 is 1.30 bits per heavy atom. The molecule has 1 saturated carbocycles. The van der Waals surface area contributed by atoms with Gasteiger partial charge in [-0.2, -0.15) is 0 Å². The van der Waals surface area contributed by atoms with Crippen LogP contribution < -0.4 is 0 Å². The second kappa shape index (κ2) is 25.7. The van der Waals surface area contributed by atoms with Crippen molar-refractivity contribution in [2.75, 3.05) is 41.7 Å². The summed E-state index contributed by atoms with van der Waals surface area (Å²) in [5, 5.41) is 34.0. The molecular weight excluding hydrogens is 608 g/mol. The third-order valence-corrected chi connectivity index (χ3v) is 6.60. The smallest absolute Gasteiger partial charge is 0.330 e. The SMILES string of the molecule is COC(=O)/C=C/C=C/C(=O)OC.COC(=O)C1(C(=O)OC)C=CCCC1.O=C(O)/C=C/C=C/C(=O)O.OCC1(CO)CCCCC1. The van der Waals surface area contributed by atoms with Crippen molar-refractivity contribution in [3.8, 4) is 0 Å². The largest absolute Gasteiger partial charge is 0.478 e. The molecule has 2 rings (SSSR count). The summed E-state index contributed by atoms with van der Waals surface area (Å²) in [6, 6.07) is 0. The summed E-state index contributed by atoms with van der Waals surface area (Å²) in [4.78, 5) is 63.5. The van der Waals surface area contributed by atoms with E-state index in [9.17, 15) is 28.8 Å². The molecule has 4 N–H and O–H groups in total. The minimum atomic E-state index is -1.21. The van der Waals surface area contributed by atoms with Crippen molar-refractivity contribution in [1.29, 1.82) is 0 Å². The Bertz CT molecular complexity index is 1040. The van der Waals surface area contributed by atoms with Gasteiger partial charge in [0.25, 0.3) is 0 Å². The summed E-state index contributed by atoms with van der Waals surface area (Å²) in [7, 11) is 5.10. The molecule has 0 heterocycles. The summed E-state index contributed by atoms with van der Waals surface area (Å²) in [6.07, 6.45) is 20.3. The van der Waals surface area contributed by atoms with Crippen LogP contribution in [0.25, 0.3) is 0 Å². The fourth-order valence-electron chi connectivity index (χ4n) is 4.00. The standard InChI is InChI=1S/C10H14O4.C8H10O4.C8H16O2.C6H6O4/c1-13-8(11)10(9(12)14-2)6-4-3-5-7-10;1-11-7(9)5-3-4-6-8(10)12-2;9-6-8(7-10)4-2-1-3-5-8;7-5(8)3-1-2-4-6(9)10/h4,6H,3,5,7H2,1-2H3;3-6H,1-2H3;9-10H,1-7H2;1-4H,(H,7,8)(H,9,10)/b;5-3+,6-4+;;3-1+,4-2+. The van der Waals surface area contributed by atoms with Crippen LogP contribution in [0.2, 0.25) is 0 Å². The Morgan fingerprint density at radius 2 is 1.02 bits per heavy atom. The van der Waals surface area contributed by atoms with Crippen molar-refractivity contribution in [1.82, 2.24) is 0 Å². The molecule has 1 fully saturated rings. The lowest BCUT2D eigenvalue weighted by Gasteiger charge is -2.33. The Balaban J connectivity index is 0. The first-order chi connectivity index (χ1) is 21.8. The van der Waals surface area contributed by atoms with Crippen LogP contribution in [-0.4, -0.2) is 97.9 Å². The van der Waals surface area contributed by atoms with Crippen LogP contribution in [0.5, 0.6) is 0 Å². The monoisotopic (exact) mass is 654 g/mol. The van der Waals surface area contributed by atoms with Gasteiger partial charge in [-0.1, -0.05) is 55.7 Å². The molecule has 2 aliphatic rings. The van der Waals surface area contributed by atoms with Gasteiger partial charge in [-0.25, -0.2) is 19.2 Å². The van der Waals surface area contributed by atoms with Gasteiger partial charge in [0.1, 0.15) is 0 Å². The van der Waals surface area contributed by atoms with Crippen molar-refractivity contribution in [2.24, 2.45) is 10.8 Å². The molecule has 0 bridgehead atoms. The van der Waals surface area contributed by atoms with Gasteiger partial charge in [-0.3, -0.25) is 9.59 Å². The number of hydrogen-bond acceptors (Lipinski definition) is 12. The lowest BCUT2D eigenvalue weighted by atomic mass is 9.75. The van der Waals surface area contributed by atoms with Crippen LogP contribution >= 0.6 is 0 Å². The van der Waals surface area contributed by atoms with E-state index in [-0.39, 0.29) is 18.6 Å². The van der Waals surface area contributed by atoms with Crippen LogP contribution in [-0.2, 0) is 47.7 Å². The second-order valence-corrected chi connectivity index (χ2v) is 9.79. The molecule has 14 nitrogen and oxygen atoms in total. The molecule has 0 unspecified atom stereocenters. The number of carboxylic acids is 2. The van der Waals surface area contributed by atoms with E-state index in [1.165, 1.54) is 72.0 Å². The lowest BCUT2D eigenvalue weighted by molar-refractivity contribution is -0.166. The Labute approximate surface area is 268 Å². The molecule has 46 heavy (non-hydrogen) atoms. The number of rotatable bonds is 10. The molecule has 0 saturated heterocycles. The molecule has 0 amide bonds. The highest BCUT2D eigenvalue weighted by Gasteiger charge is 2.46. The third-order valence-electron chi connectivity index (χ3n) is 6.60. The highest BCUT2D eigenvalue weighted by atomic mass is 16.5. The van der Waals surface area contributed by atoms with Gasteiger partial charge < -0.3 is 39.4 Å². The number of aliphatic hydroxyl groups excluding tert-OH is 2. The summed E-state index contributed by atoms with van der Waals surface area (Å²) < 4.78 is 17.9. The van der Waals surface area contributed by atoms with Crippen molar-refractivity contribution >= 4 is 35.8 Å². The zero-order valence-corrected chi connectivity index (χ0v) is 26.7. The zero-order chi connectivity index (χ0) is 35.4. The molecule has 258 valence electrons. The number of hydrogen-bond donors (Lipinski definition) is 4. The van der Waals surface area contributed by atoms with E-state index in [2.05, 4.69) is 18.9 Å². The van der Waals surface area contributed by atoms with Gasteiger partial charge in [0.2, 0.25) is 0 Å². The van der Waals surface area contributed by atoms with Crippen LogP contribution in [0.15, 0.2) is 60.8 Å². The number of ether oxygens (including phenoxy) is 4. The fraction of sp³-hybridized carbons (Fsp3) is 0.500. The summed E-state index contributed by atoms with van der Waals surface area (Å²) in [6.45, 7) is 0.312. The van der Waals surface area contributed by atoms with Gasteiger partial charge in [0.05, 0.1) is 41.7 Å². The van der Waals surface area contributed by atoms with Crippen molar-refractivity contribution in [3.05, 3.63) is 60.8 Å². The first kappa shape index (κ1) is 43.6. The number of methoxy groups -OCH3 is 4. The molecule has 14 heteroatoms. The first-order valence-electron chi connectivity index (χ1n) is 14.2. The molecule has 0 aromatic carbocycles. The number of carbonyl (C=O) groups is 6. The number of allylic oxidation sites excluding steroid dienone is 5. The van der Waals surface area contributed by atoms with Crippen LogP contribution in [0.1, 0.15) is 51.4 Å². The predicted molar refractivity (Wildman–Crippen MR) is 165 cm³/mol.